The van der Waals surface area contributed by atoms with Gasteiger partial charge >= 0.3 is 5.97 Å². The van der Waals surface area contributed by atoms with Gasteiger partial charge in [0.2, 0.25) is 0 Å². The van der Waals surface area contributed by atoms with Gasteiger partial charge in [0, 0.05) is 40.4 Å². The van der Waals surface area contributed by atoms with Crippen LogP contribution in [-0.2, 0) is 4.79 Å². The molecule has 2 aliphatic heterocycles. The molecular weight excluding hydrogens is 376 g/mol. The molecule has 2 aromatic carbocycles. The fourth-order valence-corrected chi connectivity index (χ4v) is 4.25. The highest BCUT2D eigenvalue weighted by molar-refractivity contribution is 5.90. The average molecular weight is 397 g/mol. The molecule has 0 saturated heterocycles. The van der Waals surface area contributed by atoms with Gasteiger partial charge in [-0.15, -0.1) is 0 Å². The fourth-order valence-electron chi connectivity index (χ4n) is 4.25. The lowest BCUT2D eigenvalue weighted by Gasteiger charge is -2.37. The number of allylic oxidation sites excluding steroid dienone is 1. The van der Waals surface area contributed by atoms with E-state index in [4.69, 9.17) is 4.74 Å². The number of hydrogen-bond acceptors (Lipinski definition) is 3. The Kier molecular flexibility index (Phi) is 4.26. The first-order valence-electron chi connectivity index (χ1n) is 9.29. The van der Waals surface area contributed by atoms with Gasteiger partial charge in [-0.05, 0) is 44.0 Å². The summed E-state index contributed by atoms with van der Waals surface area (Å²) in [6.07, 6.45) is 1.29. The van der Waals surface area contributed by atoms with Crippen LogP contribution in [0.15, 0.2) is 42.5 Å². The van der Waals surface area contributed by atoms with Crippen molar-refractivity contribution in [3.8, 4) is 16.9 Å². The number of carboxylic acids is 1. The van der Waals surface area contributed by atoms with Crippen LogP contribution in [0.25, 0.3) is 16.7 Å². The summed E-state index contributed by atoms with van der Waals surface area (Å²) in [5.74, 6) is -2.74. The van der Waals surface area contributed by atoms with E-state index in [2.05, 4.69) is 18.0 Å². The van der Waals surface area contributed by atoms with Gasteiger partial charge in [0.1, 0.15) is 11.9 Å². The standard InChI is InChI=1S/C23H21F2NO3/c1-11(22(27)28)7-18-20-14(15-8-13(24)9-16(25)21(15)29-18)5-6-17-19(20)12(2)10-23(3,4)26-17/h5-6,8-10,18,26H,1,7H2,2-4H3,(H,27,28). The molecular formula is C23H21F2NO3. The van der Waals surface area contributed by atoms with Crippen LogP contribution >= 0.6 is 0 Å². The molecule has 2 heterocycles. The molecule has 2 aromatic rings. The molecule has 0 aromatic heterocycles. The third kappa shape index (κ3) is 3.18. The molecule has 0 amide bonds. The maximum atomic E-state index is 14.5. The highest BCUT2D eigenvalue weighted by atomic mass is 19.1. The van der Waals surface area contributed by atoms with E-state index in [1.165, 1.54) is 6.07 Å². The molecule has 0 aliphatic carbocycles. The van der Waals surface area contributed by atoms with Crippen LogP contribution < -0.4 is 10.1 Å². The number of rotatable bonds is 3. The second-order valence-corrected chi connectivity index (χ2v) is 8.11. The molecule has 1 unspecified atom stereocenters. The Bertz CT molecular complexity index is 1100. The number of fused-ring (bicyclic) bond motifs is 5. The largest absolute Gasteiger partial charge is 0.482 e. The third-order valence-corrected chi connectivity index (χ3v) is 5.29. The van der Waals surface area contributed by atoms with Crippen molar-refractivity contribution in [1.82, 2.24) is 0 Å². The van der Waals surface area contributed by atoms with E-state index in [0.29, 0.717) is 16.7 Å². The zero-order valence-electron chi connectivity index (χ0n) is 16.4. The van der Waals surface area contributed by atoms with Crippen molar-refractivity contribution in [2.45, 2.75) is 38.8 Å². The lowest BCUT2D eigenvalue weighted by atomic mass is 9.80. The van der Waals surface area contributed by atoms with Crippen LogP contribution in [0.5, 0.6) is 5.75 Å². The number of aliphatic carboxylic acids is 1. The van der Waals surface area contributed by atoms with Crippen molar-refractivity contribution in [3.05, 3.63) is 65.3 Å². The van der Waals surface area contributed by atoms with E-state index in [0.717, 1.165) is 22.9 Å². The smallest absolute Gasteiger partial charge is 0.331 e. The van der Waals surface area contributed by atoms with Crippen LogP contribution in [0.4, 0.5) is 14.5 Å². The Morgan fingerprint density at radius 1 is 1.28 bits per heavy atom. The quantitative estimate of drug-likeness (QED) is 0.652. The van der Waals surface area contributed by atoms with Gasteiger partial charge in [0.25, 0.3) is 0 Å². The van der Waals surface area contributed by atoms with Gasteiger partial charge in [0.15, 0.2) is 11.6 Å². The van der Waals surface area contributed by atoms with Crippen molar-refractivity contribution >= 4 is 17.2 Å². The molecule has 4 nitrogen and oxygen atoms in total. The van der Waals surface area contributed by atoms with Crippen molar-refractivity contribution < 1.29 is 23.4 Å². The molecule has 2 aliphatic rings. The first-order chi connectivity index (χ1) is 13.6. The topological polar surface area (TPSA) is 58.6 Å². The van der Waals surface area contributed by atoms with Gasteiger partial charge in [-0.2, -0.15) is 0 Å². The maximum absolute atomic E-state index is 14.5. The molecule has 150 valence electrons. The highest BCUT2D eigenvalue weighted by Crippen LogP contribution is 2.51. The van der Waals surface area contributed by atoms with E-state index in [9.17, 15) is 18.7 Å². The number of anilines is 1. The molecule has 0 radical (unpaired) electrons. The average Bonchev–Trinajstić information content (AvgIpc) is 2.60. The van der Waals surface area contributed by atoms with Gasteiger partial charge < -0.3 is 15.2 Å². The summed E-state index contributed by atoms with van der Waals surface area (Å²) in [7, 11) is 0. The number of ether oxygens (including phenoxy) is 1. The molecule has 4 rings (SSSR count). The monoisotopic (exact) mass is 397 g/mol. The summed E-state index contributed by atoms with van der Waals surface area (Å²) in [6.45, 7) is 9.65. The van der Waals surface area contributed by atoms with E-state index in [-0.39, 0.29) is 23.3 Å². The van der Waals surface area contributed by atoms with Crippen LogP contribution in [0.2, 0.25) is 0 Å². The number of halogens is 2. The summed E-state index contributed by atoms with van der Waals surface area (Å²) in [5, 5.41) is 12.7. The zero-order chi connectivity index (χ0) is 21.1. The SMILES string of the molecule is C=C(CC1Oc2c(F)cc(F)cc2-c2ccc3c(c21)C(C)=CC(C)(C)N3)C(=O)O. The summed E-state index contributed by atoms with van der Waals surface area (Å²) >= 11 is 0. The van der Waals surface area contributed by atoms with Crippen LogP contribution in [0, 0.1) is 11.6 Å². The Balaban J connectivity index is 1.99. The molecule has 1 atom stereocenters. The summed E-state index contributed by atoms with van der Waals surface area (Å²) < 4.78 is 34.4. The number of nitrogens with one attached hydrogen (secondary N) is 1. The Morgan fingerprint density at radius 2 is 2.00 bits per heavy atom. The minimum atomic E-state index is -1.14. The minimum absolute atomic E-state index is 0.0221. The van der Waals surface area contributed by atoms with Crippen molar-refractivity contribution in [2.75, 3.05) is 5.32 Å². The van der Waals surface area contributed by atoms with Gasteiger partial charge in [-0.3, -0.25) is 0 Å². The Labute approximate surface area is 167 Å². The molecule has 0 fully saturated rings. The number of benzene rings is 2. The van der Waals surface area contributed by atoms with Crippen LogP contribution in [0.3, 0.4) is 0 Å². The van der Waals surface area contributed by atoms with Crippen LogP contribution in [-0.4, -0.2) is 16.6 Å². The molecule has 29 heavy (non-hydrogen) atoms. The zero-order valence-corrected chi connectivity index (χ0v) is 16.4. The van der Waals surface area contributed by atoms with Gasteiger partial charge in [-0.25, -0.2) is 13.6 Å². The Morgan fingerprint density at radius 3 is 2.69 bits per heavy atom. The Hall–Kier alpha value is -3.15. The van der Waals surface area contributed by atoms with Gasteiger partial charge in [0.05, 0.1) is 5.54 Å². The van der Waals surface area contributed by atoms with Gasteiger partial charge in [-0.1, -0.05) is 18.7 Å². The van der Waals surface area contributed by atoms with E-state index in [1.54, 1.807) is 6.07 Å². The van der Waals surface area contributed by atoms with E-state index in [1.807, 2.05) is 26.8 Å². The molecule has 0 saturated carbocycles. The highest BCUT2D eigenvalue weighted by Gasteiger charge is 2.35. The second kappa shape index (κ2) is 6.44. The number of hydrogen-bond donors (Lipinski definition) is 2. The van der Waals surface area contributed by atoms with Crippen molar-refractivity contribution in [3.63, 3.8) is 0 Å². The van der Waals surface area contributed by atoms with E-state index >= 15 is 0 Å². The molecule has 0 bridgehead atoms. The summed E-state index contributed by atoms with van der Waals surface area (Å²) in [6, 6.07) is 5.69. The number of carboxylic acid groups (broad SMARTS) is 1. The lowest BCUT2D eigenvalue weighted by Crippen LogP contribution is -2.32. The normalized spacial score (nSPS) is 18.4. The second-order valence-electron chi connectivity index (χ2n) is 8.11. The minimum Gasteiger partial charge on any atom is -0.482 e. The predicted molar refractivity (Wildman–Crippen MR) is 108 cm³/mol. The predicted octanol–water partition coefficient (Wildman–Crippen LogP) is 5.70. The molecule has 2 N–H and O–H groups in total. The first-order valence-corrected chi connectivity index (χ1v) is 9.29. The molecule has 0 spiro atoms. The summed E-state index contributed by atoms with van der Waals surface area (Å²) in [5.41, 5.74) is 4.04. The summed E-state index contributed by atoms with van der Waals surface area (Å²) in [4.78, 5) is 11.4. The molecule has 6 heteroatoms. The maximum Gasteiger partial charge on any atom is 0.331 e. The first kappa shape index (κ1) is 19.2. The number of carbonyl (C=O) groups is 1. The van der Waals surface area contributed by atoms with Crippen LogP contribution in [0.1, 0.15) is 44.4 Å². The fraction of sp³-hybridized carbons (Fsp3) is 0.261. The van der Waals surface area contributed by atoms with Crippen molar-refractivity contribution in [2.24, 2.45) is 0 Å². The lowest BCUT2D eigenvalue weighted by molar-refractivity contribution is -0.133. The van der Waals surface area contributed by atoms with E-state index < -0.39 is 23.7 Å². The third-order valence-electron chi connectivity index (χ3n) is 5.29. The van der Waals surface area contributed by atoms with Crippen molar-refractivity contribution in [1.29, 1.82) is 0 Å².